The molecule has 136 valence electrons. The summed E-state index contributed by atoms with van der Waals surface area (Å²) in [5.74, 6) is -0.0466. The lowest BCUT2D eigenvalue weighted by atomic mass is 10.1. The maximum absolute atomic E-state index is 13.2. The van der Waals surface area contributed by atoms with Gasteiger partial charge in [-0.05, 0) is 36.1 Å². The first-order chi connectivity index (χ1) is 12.5. The molecule has 1 aliphatic carbocycles. The zero-order chi connectivity index (χ0) is 18.3. The fraction of sp³-hybridized carbons (Fsp3) is 0.368. The maximum atomic E-state index is 13.2. The number of nitrogens with zero attached hydrogens (tertiary/aromatic N) is 2. The smallest absolute Gasteiger partial charge is 0.255 e. The Balaban J connectivity index is 1.34. The van der Waals surface area contributed by atoms with Crippen molar-refractivity contribution < 1.29 is 14.0 Å². The molecule has 0 bridgehead atoms. The maximum Gasteiger partial charge on any atom is 0.255 e. The van der Waals surface area contributed by atoms with Crippen LogP contribution in [0.2, 0.25) is 5.02 Å². The summed E-state index contributed by atoms with van der Waals surface area (Å²) in [5, 5.41) is 2.16. The van der Waals surface area contributed by atoms with Crippen molar-refractivity contribution >= 4 is 34.8 Å². The van der Waals surface area contributed by atoms with Gasteiger partial charge in [0.1, 0.15) is 5.82 Å². The van der Waals surface area contributed by atoms with E-state index in [2.05, 4.69) is 6.07 Å². The van der Waals surface area contributed by atoms with E-state index < -0.39 is 5.82 Å². The normalized spacial score (nSPS) is 22.4. The molecule has 26 heavy (non-hydrogen) atoms. The topological polar surface area (TPSA) is 40.6 Å². The van der Waals surface area contributed by atoms with E-state index in [1.165, 1.54) is 17.0 Å². The minimum absolute atomic E-state index is 0.0856. The Morgan fingerprint density at radius 3 is 2.50 bits per heavy atom. The molecular weight excluding hydrogens is 375 g/mol. The average molecular weight is 393 g/mol. The molecule has 2 fully saturated rings. The van der Waals surface area contributed by atoms with Crippen LogP contribution in [0.25, 0.3) is 0 Å². The van der Waals surface area contributed by atoms with Gasteiger partial charge in [0.2, 0.25) is 5.91 Å². The third-order valence-corrected chi connectivity index (χ3v) is 6.37. The number of amides is 2. The number of thiophene rings is 1. The van der Waals surface area contributed by atoms with Gasteiger partial charge in [0.25, 0.3) is 5.91 Å². The number of rotatable bonds is 3. The second-order valence-corrected chi connectivity index (χ2v) is 8.09. The molecule has 1 saturated heterocycles. The predicted octanol–water partition coefficient (Wildman–Crippen LogP) is 3.63. The fourth-order valence-electron chi connectivity index (χ4n) is 3.48. The fourth-order valence-corrected chi connectivity index (χ4v) is 4.64. The van der Waals surface area contributed by atoms with Crippen LogP contribution in [0, 0.1) is 11.7 Å². The standard InChI is InChI=1S/C19H18ClFN2O2S/c20-16-10-12(21)3-4-13(16)18(24)22-5-7-23(8-6-22)19(25)15-11-14(15)17-2-1-9-26-17/h1-4,9-10,14-15H,5-8,11H2. The van der Waals surface area contributed by atoms with Crippen LogP contribution in [0.3, 0.4) is 0 Å². The van der Waals surface area contributed by atoms with Gasteiger partial charge in [0.05, 0.1) is 10.6 Å². The van der Waals surface area contributed by atoms with Crippen molar-refractivity contribution in [3.63, 3.8) is 0 Å². The van der Waals surface area contributed by atoms with E-state index in [1.807, 2.05) is 16.3 Å². The highest BCUT2D eigenvalue weighted by Gasteiger charge is 2.46. The summed E-state index contributed by atoms with van der Waals surface area (Å²) < 4.78 is 13.2. The van der Waals surface area contributed by atoms with E-state index in [0.29, 0.717) is 37.7 Å². The third-order valence-electron chi connectivity index (χ3n) is 5.06. The summed E-state index contributed by atoms with van der Waals surface area (Å²) in [4.78, 5) is 30.1. The molecule has 1 aromatic carbocycles. The number of hydrogen-bond acceptors (Lipinski definition) is 3. The second kappa shape index (κ2) is 7.00. The van der Waals surface area contributed by atoms with Gasteiger partial charge in [-0.25, -0.2) is 4.39 Å². The molecule has 2 atom stereocenters. The Labute approximate surface area is 160 Å². The summed E-state index contributed by atoms with van der Waals surface area (Å²) in [7, 11) is 0. The molecule has 2 unspecified atom stereocenters. The van der Waals surface area contributed by atoms with E-state index in [-0.39, 0.29) is 22.8 Å². The summed E-state index contributed by atoms with van der Waals surface area (Å²) in [5.41, 5.74) is 0.299. The average Bonchev–Trinajstić information content (AvgIpc) is 3.25. The van der Waals surface area contributed by atoms with Gasteiger partial charge in [-0.1, -0.05) is 17.7 Å². The molecule has 1 aromatic heterocycles. The van der Waals surface area contributed by atoms with E-state index in [0.717, 1.165) is 12.5 Å². The van der Waals surface area contributed by atoms with Crippen LogP contribution in [0.5, 0.6) is 0 Å². The molecule has 0 radical (unpaired) electrons. The second-order valence-electron chi connectivity index (χ2n) is 6.71. The van der Waals surface area contributed by atoms with Crippen LogP contribution in [0.1, 0.15) is 27.6 Å². The Bertz CT molecular complexity index is 834. The van der Waals surface area contributed by atoms with Crippen LogP contribution in [0.4, 0.5) is 4.39 Å². The largest absolute Gasteiger partial charge is 0.339 e. The summed E-state index contributed by atoms with van der Waals surface area (Å²) in [6, 6.07) is 7.90. The summed E-state index contributed by atoms with van der Waals surface area (Å²) in [6.07, 6.45) is 0.920. The van der Waals surface area contributed by atoms with Crippen LogP contribution < -0.4 is 0 Å². The van der Waals surface area contributed by atoms with E-state index in [1.54, 1.807) is 16.2 Å². The lowest BCUT2D eigenvalue weighted by Crippen LogP contribution is -2.51. The van der Waals surface area contributed by atoms with E-state index in [9.17, 15) is 14.0 Å². The lowest BCUT2D eigenvalue weighted by Gasteiger charge is -2.35. The summed E-state index contributed by atoms with van der Waals surface area (Å²) in [6.45, 7) is 1.98. The monoisotopic (exact) mass is 392 g/mol. The summed E-state index contributed by atoms with van der Waals surface area (Å²) >= 11 is 7.69. The van der Waals surface area contributed by atoms with Gasteiger partial charge in [0.15, 0.2) is 0 Å². The van der Waals surface area contributed by atoms with Crippen LogP contribution in [-0.2, 0) is 4.79 Å². The highest BCUT2D eigenvalue weighted by atomic mass is 35.5. The number of hydrogen-bond donors (Lipinski definition) is 0. The number of carbonyl (C=O) groups excluding carboxylic acids is 2. The molecule has 7 heteroatoms. The molecule has 0 spiro atoms. The van der Waals surface area contributed by atoms with Crippen LogP contribution >= 0.6 is 22.9 Å². The van der Waals surface area contributed by atoms with Crippen molar-refractivity contribution in [3.8, 4) is 0 Å². The molecule has 2 amide bonds. The highest BCUT2D eigenvalue weighted by molar-refractivity contribution is 7.10. The lowest BCUT2D eigenvalue weighted by molar-refractivity contribution is -0.134. The minimum Gasteiger partial charge on any atom is -0.339 e. The van der Waals surface area contributed by atoms with Gasteiger partial charge < -0.3 is 9.80 Å². The molecule has 2 aromatic rings. The van der Waals surface area contributed by atoms with Crippen molar-refractivity contribution in [2.24, 2.45) is 5.92 Å². The predicted molar refractivity (Wildman–Crippen MR) is 99.1 cm³/mol. The third kappa shape index (κ3) is 3.35. The highest BCUT2D eigenvalue weighted by Crippen LogP contribution is 2.50. The Kier molecular flexibility index (Phi) is 4.71. The first-order valence-corrected chi connectivity index (χ1v) is 9.87. The van der Waals surface area contributed by atoms with Crippen molar-refractivity contribution in [1.29, 1.82) is 0 Å². The van der Waals surface area contributed by atoms with Gasteiger partial charge >= 0.3 is 0 Å². The molecular formula is C19H18ClFN2O2S. The van der Waals surface area contributed by atoms with E-state index in [4.69, 9.17) is 11.6 Å². The zero-order valence-corrected chi connectivity index (χ0v) is 15.6. The van der Waals surface area contributed by atoms with E-state index >= 15 is 0 Å². The number of piperazine rings is 1. The quantitative estimate of drug-likeness (QED) is 0.800. The van der Waals surface area contributed by atoms with Crippen molar-refractivity contribution in [2.75, 3.05) is 26.2 Å². The number of halogens is 2. The van der Waals surface area contributed by atoms with Gasteiger partial charge in [-0.15, -0.1) is 11.3 Å². The molecule has 1 saturated carbocycles. The van der Waals surface area contributed by atoms with Crippen molar-refractivity contribution in [1.82, 2.24) is 9.80 Å². The number of carbonyl (C=O) groups is 2. The van der Waals surface area contributed by atoms with Crippen molar-refractivity contribution in [2.45, 2.75) is 12.3 Å². The Morgan fingerprint density at radius 2 is 1.85 bits per heavy atom. The van der Waals surface area contributed by atoms with Gasteiger partial charge in [-0.3, -0.25) is 9.59 Å². The Hall–Kier alpha value is -1.92. The molecule has 0 N–H and O–H groups in total. The SMILES string of the molecule is O=C(c1ccc(F)cc1Cl)N1CCN(C(=O)C2CC2c2cccs2)CC1. The number of benzene rings is 1. The van der Waals surface area contributed by atoms with Crippen molar-refractivity contribution in [3.05, 3.63) is 57.0 Å². The molecule has 2 heterocycles. The van der Waals surface area contributed by atoms with Gasteiger partial charge in [0, 0.05) is 42.9 Å². The van der Waals surface area contributed by atoms with Crippen LogP contribution in [0.15, 0.2) is 35.7 Å². The van der Waals surface area contributed by atoms with Gasteiger partial charge in [-0.2, -0.15) is 0 Å². The molecule has 2 aliphatic rings. The molecule has 4 rings (SSSR count). The molecule has 4 nitrogen and oxygen atoms in total. The minimum atomic E-state index is -0.466. The van der Waals surface area contributed by atoms with Crippen LogP contribution in [-0.4, -0.2) is 47.8 Å². The Morgan fingerprint density at radius 1 is 1.12 bits per heavy atom. The zero-order valence-electron chi connectivity index (χ0n) is 14.0. The molecule has 1 aliphatic heterocycles. The first-order valence-electron chi connectivity index (χ1n) is 8.61. The first kappa shape index (κ1) is 17.5.